The van der Waals surface area contributed by atoms with E-state index in [1.165, 1.54) is 12.3 Å². The number of aromatic nitrogens is 1. The average Bonchev–Trinajstić information content (AvgIpc) is 2.35. The van der Waals surface area contributed by atoms with Crippen molar-refractivity contribution < 1.29 is 4.79 Å². The van der Waals surface area contributed by atoms with Gasteiger partial charge in [0.15, 0.2) is 0 Å². The van der Waals surface area contributed by atoms with Crippen molar-refractivity contribution in [2.45, 2.75) is 0 Å². The van der Waals surface area contributed by atoms with Crippen LogP contribution in [-0.2, 0) is 0 Å². The minimum atomic E-state index is -0.316. The van der Waals surface area contributed by atoms with E-state index in [0.29, 0.717) is 26.4 Å². The highest BCUT2D eigenvalue weighted by atomic mass is 35.5. The molecule has 18 heavy (non-hydrogen) atoms. The number of amides is 1. The molecule has 0 unspecified atom stereocenters. The Bertz CT molecular complexity index is 584. The van der Waals surface area contributed by atoms with Crippen LogP contribution in [0, 0.1) is 0 Å². The molecule has 0 aliphatic rings. The fraction of sp³-hybridized carbons (Fsp3) is 0. The summed E-state index contributed by atoms with van der Waals surface area (Å²) in [5, 5.41) is 3.85. The van der Waals surface area contributed by atoms with Gasteiger partial charge in [0, 0.05) is 11.8 Å². The number of carbonyl (C=O) groups excluding carboxylic acids is 1. The van der Waals surface area contributed by atoms with Gasteiger partial charge in [0.25, 0.3) is 5.91 Å². The lowest BCUT2D eigenvalue weighted by atomic mass is 10.2. The normalized spacial score (nSPS) is 10.2. The molecule has 0 radical (unpaired) electrons. The molecule has 0 fully saturated rings. The molecule has 1 heterocycles. The Kier molecular flexibility index (Phi) is 4.07. The average molecular weight is 302 g/mol. The van der Waals surface area contributed by atoms with Crippen molar-refractivity contribution in [2.24, 2.45) is 0 Å². The highest BCUT2D eigenvalue weighted by Crippen LogP contribution is 2.23. The second kappa shape index (κ2) is 5.57. The first-order valence-corrected chi connectivity index (χ1v) is 6.07. The Hall–Kier alpha value is -1.29. The van der Waals surface area contributed by atoms with E-state index in [1.807, 2.05) is 0 Å². The molecular weight excluding hydrogens is 295 g/mol. The van der Waals surface area contributed by atoms with E-state index in [2.05, 4.69) is 10.3 Å². The molecule has 0 aliphatic carbocycles. The molecular formula is C12H7Cl3N2O. The number of halogens is 3. The lowest BCUT2D eigenvalue weighted by Crippen LogP contribution is -2.12. The maximum Gasteiger partial charge on any atom is 0.256 e. The van der Waals surface area contributed by atoms with Gasteiger partial charge in [-0.3, -0.25) is 4.79 Å². The van der Waals surface area contributed by atoms with Gasteiger partial charge < -0.3 is 5.32 Å². The second-order valence-corrected chi connectivity index (χ2v) is 4.70. The standard InChI is InChI=1S/C12H7Cl3N2O/c13-8-2-4-11(16-6-8)17-12(18)7-1-3-9(14)10(15)5-7/h1-6H,(H,16,17,18). The van der Waals surface area contributed by atoms with Crippen LogP contribution >= 0.6 is 34.8 Å². The van der Waals surface area contributed by atoms with Crippen molar-refractivity contribution in [3.63, 3.8) is 0 Å². The zero-order chi connectivity index (χ0) is 13.1. The SMILES string of the molecule is O=C(Nc1ccc(Cl)cn1)c1ccc(Cl)c(Cl)c1. The van der Waals surface area contributed by atoms with Crippen LogP contribution in [0.5, 0.6) is 0 Å². The van der Waals surface area contributed by atoms with E-state index in [0.717, 1.165) is 0 Å². The highest BCUT2D eigenvalue weighted by molar-refractivity contribution is 6.42. The van der Waals surface area contributed by atoms with Gasteiger partial charge in [0.2, 0.25) is 0 Å². The molecule has 92 valence electrons. The number of rotatable bonds is 2. The molecule has 1 aromatic heterocycles. The van der Waals surface area contributed by atoms with Gasteiger partial charge in [-0.25, -0.2) is 4.98 Å². The number of hydrogen-bond acceptors (Lipinski definition) is 2. The van der Waals surface area contributed by atoms with Gasteiger partial charge in [-0.15, -0.1) is 0 Å². The van der Waals surface area contributed by atoms with E-state index in [4.69, 9.17) is 34.8 Å². The van der Waals surface area contributed by atoms with Gasteiger partial charge in [-0.05, 0) is 30.3 Å². The van der Waals surface area contributed by atoms with Crippen LogP contribution in [0.1, 0.15) is 10.4 Å². The third kappa shape index (κ3) is 3.13. The molecule has 0 saturated carbocycles. The van der Waals surface area contributed by atoms with Crippen LogP contribution in [-0.4, -0.2) is 10.9 Å². The number of pyridine rings is 1. The summed E-state index contributed by atoms with van der Waals surface area (Å²) < 4.78 is 0. The molecule has 6 heteroatoms. The van der Waals surface area contributed by atoms with Gasteiger partial charge in [0.1, 0.15) is 5.82 Å². The summed E-state index contributed by atoms with van der Waals surface area (Å²) in [4.78, 5) is 15.8. The molecule has 1 aromatic carbocycles. The smallest absolute Gasteiger partial charge is 0.256 e. The van der Waals surface area contributed by atoms with Crippen LogP contribution in [0.25, 0.3) is 0 Å². The number of nitrogens with zero attached hydrogens (tertiary/aromatic N) is 1. The largest absolute Gasteiger partial charge is 0.307 e. The fourth-order valence-corrected chi connectivity index (χ4v) is 1.69. The number of hydrogen-bond donors (Lipinski definition) is 1. The Morgan fingerprint density at radius 2 is 1.83 bits per heavy atom. The summed E-state index contributed by atoms with van der Waals surface area (Å²) in [7, 11) is 0. The van der Waals surface area contributed by atoms with Crippen LogP contribution < -0.4 is 5.32 Å². The molecule has 2 rings (SSSR count). The van der Waals surface area contributed by atoms with E-state index in [9.17, 15) is 4.79 Å². The Morgan fingerprint density at radius 3 is 2.44 bits per heavy atom. The molecule has 0 bridgehead atoms. The number of anilines is 1. The molecule has 2 aromatic rings. The van der Waals surface area contributed by atoms with Crippen molar-refractivity contribution in [3.05, 3.63) is 57.2 Å². The van der Waals surface area contributed by atoms with E-state index in [1.54, 1.807) is 24.3 Å². The molecule has 0 spiro atoms. The molecule has 0 atom stereocenters. The summed E-state index contributed by atoms with van der Waals surface area (Å²) >= 11 is 17.3. The topological polar surface area (TPSA) is 42.0 Å². The lowest BCUT2D eigenvalue weighted by molar-refractivity contribution is 0.102. The Labute approximate surface area is 119 Å². The Balaban J connectivity index is 2.16. The number of benzene rings is 1. The summed E-state index contributed by atoms with van der Waals surface area (Å²) in [6, 6.07) is 7.89. The summed E-state index contributed by atoms with van der Waals surface area (Å²) in [5.41, 5.74) is 0.404. The molecule has 1 N–H and O–H groups in total. The number of carbonyl (C=O) groups is 1. The predicted molar refractivity (Wildman–Crippen MR) is 73.7 cm³/mol. The molecule has 0 aliphatic heterocycles. The van der Waals surface area contributed by atoms with E-state index < -0.39 is 0 Å². The quantitative estimate of drug-likeness (QED) is 0.899. The van der Waals surface area contributed by atoms with Crippen LogP contribution in [0.2, 0.25) is 15.1 Å². The van der Waals surface area contributed by atoms with Gasteiger partial charge in [-0.1, -0.05) is 34.8 Å². The zero-order valence-electron chi connectivity index (χ0n) is 8.95. The van der Waals surface area contributed by atoms with Crippen LogP contribution in [0.15, 0.2) is 36.5 Å². The molecule has 0 saturated heterocycles. The molecule has 3 nitrogen and oxygen atoms in total. The zero-order valence-corrected chi connectivity index (χ0v) is 11.2. The van der Waals surface area contributed by atoms with Gasteiger partial charge >= 0.3 is 0 Å². The van der Waals surface area contributed by atoms with Crippen molar-refractivity contribution in [3.8, 4) is 0 Å². The fourth-order valence-electron chi connectivity index (χ4n) is 1.28. The Morgan fingerprint density at radius 1 is 1.06 bits per heavy atom. The monoisotopic (exact) mass is 300 g/mol. The maximum atomic E-state index is 11.9. The first-order chi connectivity index (χ1) is 8.56. The first kappa shape index (κ1) is 13.1. The van der Waals surface area contributed by atoms with E-state index in [-0.39, 0.29) is 5.91 Å². The second-order valence-electron chi connectivity index (χ2n) is 3.44. The lowest BCUT2D eigenvalue weighted by Gasteiger charge is -2.05. The minimum Gasteiger partial charge on any atom is -0.307 e. The summed E-state index contributed by atoms with van der Waals surface area (Å²) in [6.07, 6.45) is 1.45. The van der Waals surface area contributed by atoms with E-state index >= 15 is 0 Å². The van der Waals surface area contributed by atoms with Gasteiger partial charge in [-0.2, -0.15) is 0 Å². The van der Waals surface area contributed by atoms with Crippen molar-refractivity contribution in [1.29, 1.82) is 0 Å². The van der Waals surface area contributed by atoms with Crippen LogP contribution in [0.3, 0.4) is 0 Å². The summed E-state index contributed by atoms with van der Waals surface area (Å²) in [5.74, 6) is 0.0962. The van der Waals surface area contributed by atoms with Crippen molar-refractivity contribution in [2.75, 3.05) is 5.32 Å². The third-order valence-electron chi connectivity index (χ3n) is 2.15. The third-order valence-corrected chi connectivity index (χ3v) is 3.11. The maximum absolute atomic E-state index is 11.9. The summed E-state index contributed by atoms with van der Waals surface area (Å²) in [6.45, 7) is 0. The van der Waals surface area contributed by atoms with Crippen molar-refractivity contribution >= 4 is 46.5 Å². The van der Waals surface area contributed by atoms with Crippen molar-refractivity contribution in [1.82, 2.24) is 4.98 Å². The molecule has 1 amide bonds. The predicted octanol–water partition coefficient (Wildman–Crippen LogP) is 4.29. The van der Waals surface area contributed by atoms with Crippen LogP contribution in [0.4, 0.5) is 5.82 Å². The number of nitrogens with one attached hydrogen (secondary N) is 1. The minimum absolute atomic E-state index is 0.316. The first-order valence-electron chi connectivity index (χ1n) is 4.94. The van der Waals surface area contributed by atoms with Gasteiger partial charge in [0.05, 0.1) is 15.1 Å². The highest BCUT2D eigenvalue weighted by Gasteiger charge is 2.08.